The number of rotatable bonds is 3. The maximum Gasteiger partial charge on any atom is 0.145 e. The van der Waals surface area contributed by atoms with Crippen LogP contribution in [0.3, 0.4) is 0 Å². The number of aromatic nitrogens is 2. The summed E-state index contributed by atoms with van der Waals surface area (Å²) < 4.78 is 2.48. The van der Waals surface area contributed by atoms with Gasteiger partial charge in [-0.25, -0.2) is 4.98 Å². The lowest BCUT2D eigenvalue weighted by Crippen LogP contribution is -2.25. The van der Waals surface area contributed by atoms with Crippen molar-refractivity contribution in [2.75, 3.05) is 0 Å². The number of nitrogens with zero attached hydrogens (tertiary/aromatic N) is 2. The van der Waals surface area contributed by atoms with E-state index in [1.807, 2.05) is 6.20 Å². The molecule has 1 saturated heterocycles. The first kappa shape index (κ1) is 15.6. The number of benzene rings is 1. The van der Waals surface area contributed by atoms with Crippen molar-refractivity contribution in [3.63, 3.8) is 0 Å². The minimum atomic E-state index is 0.419. The van der Waals surface area contributed by atoms with Crippen molar-refractivity contribution >= 4 is 25.0 Å². The number of imidazole rings is 1. The summed E-state index contributed by atoms with van der Waals surface area (Å²) in [5, 5.41) is 3.43. The van der Waals surface area contributed by atoms with E-state index in [9.17, 15) is 0 Å². The molecule has 3 aromatic rings. The van der Waals surface area contributed by atoms with Crippen molar-refractivity contribution in [3.8, 4) is 0 Å². The van der Waals surface area contributed by atoms with Gasteiger partial charge in [0, 0.05) is 28.6 Å². The van der Waals surface area contributed by atoms with Gasteiger partial charge in [0.15, 0.2) is 0 Å². The summed E-state index contributed by atoms with van der Waals surface area (Å²) in [4.78, 5) is 4.89. The Morgan fingerprint density at radius 3 is 2.69 bits per heavy atom. The van der Waals surface area contributed by atoms with Crippen LogP contribution in [0.2, 0.25) is 0 Å². The molecule has 26 heavy (non-hydrogen) atoms. The van der Waals surface area contributed by atoms with Gasteiger partial charge in [-0.15, -0.1) is 8.58 Å². The van der Waals surface area contributed by atoms with Crippen molar-refractivity contribution in [2.24, 2.45) is 0 Å². The van der Waals surface area contributed by atoms with Gasteiger partial charge in [-0.05, 0) is 72.5 Å². The van der Waals surface area contributed by atoms with Crippen LogP contribution in [0.25, 0.3) is 16.4 Å². The van der Waals surface area contributed by atoms with Gasteiger partial charge in [0.25, 0.3) is 0 Å². The van der Waals surface area contributed by atoms with E-state index < -0.39 is 0 Å². The molecule has 0 amide bonds. The highest BCUT2D eigenvalue weighted by molar-refractivity contribution is 7.49. The van der Waals surface area contributed by atoms with Gasteiger partial charge in [0.05, 0.1) is 0 Å². The van der Waals surface area contributed by atoms with Gasteiger partial charge in [-0.3, -0.25) is 0 Å². The van der Waals surface area contributed by atoms with Crippen molar-refractivity contribution in [3.05, 3.63) is 47.4 Å². The van der Waals surface area contributed by atoms with Crippen LogP contribution in [0.15, 0.2) is 30.6 Å². The first-order valence-electron chi connectivity index (χ1n) is 10.5. The fourth-order valence-electron chi connectivity index (χ4n) is 6.37. The van der Waals surface area contributed by atoms with Crippen molar-refractivity contribution in [2.45, 2.75) is 75.0 Å². The summed E-state index contributed by atoms with van der Waals surface area (Å²) >= 11 is 0. The van der Waals surface area contributed by atoms with Gasteiger partial charge in [-0.2, -0.15) is 0 Å². The van der Waals surface area contributed by atoms with Gasteiger partial charge in [-0.1, -0.05) is 32.0 Å². The lowest BCUT2D eigenvalue weighted by molar-refractivity contribution is 0.351. The second kappa shape index (κ2) is 5.32. The average Bonchev–Trinajstić information content (AvgIpc) is 3.23. The average molecular weight is 362 g/mol. The lowest BCUT2D eigenvalue weighted by atomic mass is 9.67. The SMILES string of the molecule is CCC1PC1(CC)c1cccc2c3c(n4ccnc4c12)C1CCC3CC1. The van der Waals surface area contributed by atoms with E-state index in [2.05, 4.69) is 42.6 Å². The van der Waals surface area contributed by atoms with E-state index in [4.69, 9.17) is 4.98 Å². The smallest absolute Gasteiger partial charge is 0.145 e. The van der Waals surface area contributed by atoms with E-state index in [0.717, 1.165) is 26.1 Å². The molecule has 2 bridgehead atoms. The fourth-order valence-corrected chi connectivity index (χ4v) is 8.24. The Labute approximate surface area is 157 Å². The molecule has 1 aromatic carbocycles. The normalized spacial score (nSPS) is 33.2. The predicted molar refractivity (Wildman–Crippen MR) is 111 cm³/mol. The van der Waals surface area contributed by atoms with Crippen molar-refractivity contribution in [1.29, 1.82) is 0 Å². The standard InChI is InChI=1S/C23H27N2P/c1-3-18-23(4-2,26-18)17-7-5-6-16-19-14-8-10-15(11-9-14)21(19)25-13-12-24-22(25)20(16)17/h5-7,12-15,18,26H,3-4,8-11H2,1-2H3. The molecule has 1 aliphatic heterocycles. The van der Waals surface area contributed by atoms with Gasteiger partial charge in [0.2, 0.25) is 0 Å². The van der Waals surface area contributed by atoms with E-state index in [1.54, 1.807) is 16.8 Å². The van der Waals surface area contributed by atoms with Gasteiger partial charge >= 0.3 is 0 Å². The lowest BCUT2D eigenvalue weighted by Gasteiger charge is -2.39. The Morgan fingerprint density at radius 1 is 1.15 bits per heavy atom. The molecule has 2 fully saturated rings. The highest BCUT2D eigenvalue weighted by atomic mass is 31.1. The zero-order valence-electron chi connectivity index (χ0n) is 15.8. The molecule has 0 spiro atoms. The summed E-state index contributed by atoms with van der Waals surface area (Å²) in [6.07, 6.45) is 12.3. The molecule has 3 heteroatoms. The molecule has 3 atom stereocenters. The van der Waals surface area contributed by atoms with Gasteiger partial charge < -0.3 is 4.40 Å². The summed E-state index contributed by atoms with van der Waals surface area (Å²) in [5.74, 6) is 1.51. The van der Waals surface area contributed by atoms with Crippen LogP contribution in [-0.2, 0) is 5.16 Å². The van der Waals surface area contributed by atoms with Crippen LogP contribution in [-0.4, -0.2) is 15.0 Å². The summed E-state index contributed by atoms with van der Waals surface area (Å²) in [6.45, 7) is 4.76. The minimum absolute atomic E-state index is 0.419. The summed E-state index contributed by atoms with van der Waals surface area (Å²) in [6, 6.07) is 7.17. The van der Waals surface area contributed by atoms with Crippen LogP contribution in [0.4, 0.5) is 0 Å². The van der Waals surface area contributed by atoms with Crippen LogP contribution >= 0.6 is 8.58 Å². The molecule has 7 rings (SSSR count). The molecule has 3 unspecified atom stereocenters. The van der Waals surface area contributed by atoms with Crippen LogP contribution in [0, 0.1) is 0 Å². The number of pyridine rings is 1. The maximum absolute atomic E-state index is 4.89. The Morgan fingerprint density at radius 2 is 1.96 bits per heavy atom. The zero-order chi connectivity index (χ0) is 17.5. The molecule has 3 heterocycles. The third-order valence-corrected chi connectivity index (χ3v) is 10.1. The maximum atomic E-state index is 4.89. The Balaban J connectivity index is 1.75. The first-order valence-corrected chi connectivity index (χ1v) is 11.6. The highest BCUT2D eigenvalue weighted by Crippen LogP contribution is 2.71. The van der Waals surface area contributed by atoms with Crippen LogP contribution in [0.5, 0.6) is 0 Å². The van der Waals surface area contributed by atoms with Gasteiger partial charge in [0.1, 0.15) is 5.65 Å². The molecule has 4 aliphatic rings. The predicted octanol–water partition coefficient (Wildman–Crippen LogP) is 6.32. The highest BCUT2D eigenvalue weighted by Gasteiger charge is 2.53. The topological polar surface area (TPSA) is 17.3 Å². The Hall–Kier alpha value is -1.40. The molecule has 2 aromatic heterocycles. The monoisotopic (exact) mass is 362 g/mol. The molecular formula is C23H27N2P. The third-order valence-electron chi connectivity index (χ3n) is 7.67. The molecule has 0 N–H and O–H groups in total. The van der Waals surface area contributed by atoms with E-state index in [1.165, 1.54) is 54.9 Å². The molecule has 2 nitrogen and oxygen atoms in total. The number of hydrogen-bond acceptors (Lipinski definition) is 1. The zero-order valence-corrected chi connectivity index (χ0v) is 16.8. The Kier molecular flexibility index (Phi) is 3.20. The van der Waals surface area contributed by atoms with Crippen LogP contribution in [0.1, 0.15) is 81.0 Å². The number of fused-ring (bicyclic) bond motifs is 5. The fraction of sp³-hybridized carbons (Fsp3) is 0.522. The third kappa shape index (κ3) is 1.80. The minimum Gasteiger partial charge on any atom is -0.303 e. The molecule has 0 radical (unpaired) electrons. The quantitative estimate of drug-likeness (QED) is 0.499. The molecular weight excluding hydrogens is 335 g/mol. The molecule has 3 aliphatic carbocycles. The molecule has 134 valence electrons. The van der Waals surface area contributed by atoms with Crippen molar-refractivity contribution in [1.82, 2.24) is 9.38 Å². The summed E-state index contributed by atoms with van der Waals surface area (Å²) in [7, 11) is 1.08. The first-order chi connectivity index (χ1) is 12.8. The summed E-state index contributed by atoms with van der Waals surface area (Å²) in [5.41, 5.74) is 6.98. The van der Waals surface area contributed by atoms with E-state index in [0.29, 0.717) is 5.16 Å². The number of hydrogen-bond donors (Lipinski definition) is 0. The van der Waals surface area contributed by atoms with Crippen molar-refractivity contribution < 1.29 is 0 Å². The van der Waals surface area contributed by atoms with E-state index in [-0.39, 0.29) is 0 Å². The van der Waals surface area contributed by atoms with Crippen LogP contribution < -0.4 is 0 Å². The Bertz CT molecular complexity index is 1030. The molecule has 1 saturated carbocycles. The van der Waals surface area contributed by atoms with E-state index >= 15 is 0 Å². The largest absolute Gasteiger partial charge is 0.303 e. The second-order valence-corrected chi connectivity index (χ2v) is 10.5. The second-order valence-electron chi connectivity index (χ2n) is 8.63.